The predicted octanol–water partition coefficient (Wildman–Crippen LogP) is 7.17. The van der Waals surface area contributed by atoms with Crippen molar-refractivity contribution in [3.63, 3.8) is 0 Å². The third-order valence-corrected chi connectivity index (χ3v) is 6.91. The number of halogens is 2. The van der Waals surface area contributed by atoms with Gasteiger partial charge in [-0.3, -0.25) is 4.98 Å². The maximum atomic E-state index is 13.4. The fraction of sp³-hybridized carbons (Fsp3) is 0.208. The van der Waals surface area contributed by atoms with E-state index >= 15 is 0 Å². The number of nitriles is 1. The van der Waals surface area contributed by atoms with Gasteiger partial charge in [-0.1, -0.05) is 27.3 Å². The molecule has 1 fully saturated rings. The highest BCUT2D eigenvalue weighted by Crippen LogP contribution is 2.44. The first-order chi connectivity index (χ1) is 15.1. The van der Waals surface area contributed by atoms with Gasteiger partial charge in [0.25, 0.3) is 0 Å². The number of rotatable bonds is 5. The van der Waals surface area contributed by atoms with E-state index in [2.05, 4.69) is 46.0 Å². The topological polar surface area (TPSA) is 52.8 Å². The lowest BCUT2D eigenvalue weighted by Crippen LogP contribution is -2.17. The minimum absolute atomic E-state index is 0.311. The molecule has 0 spiro atoms. The largest absolute Gasteiger partial charge is 0.317 e. The highest BCUT2D eigenvalue weighted by molar-refractivity contribution is 9.10. The lowest BCUT2D eigenvalue weighted by Gasteiger charge is -2.22. The molecule has 154 valence electrons. The Morgan fingerprint density at radius 3 is 2.61 bits per heavy atom. The molecule has 5 rings (SSSR count). The van der Waals surface area contributed by atoms with Crippen LogP contribution >= 0.6 is 27.3 Å². The minimum Gasteiger partial charge on any atom is -0.317 e. The van der Waals surface area contributed by atoms with Gasteiger partial charge in [-0.15, -0.1) is 0 Å². The molecular formula is C24H18BrFN4S. The van der Waals surface area contributed by atoms with Crippen LogP contribution in [0.4, 0.5) is 15.2 Å². The van der Waals surface area contributed by atoms with Crippen LogP contribution in [0.3, 0.4) is 0 Å². The van der Waals surface area contributed by atoms with E-state index in [9.17, 15) is 9.65 Å². The Labute approximate surface area is 192 Å². The summed E-state index contributed by atoms with van der Waals surface area (Å²) in [7, 11) is 0. The normalized spacial score (nSPS) is 13.4. The maximum absolute atomic E-state index is 13.4. The fourth-order valence-corrected chi connectivity index (χ4v) is 5.05. The molecule has 2 aromatic carbocycles. The van der Waals surface area contributed by atoms with Crippen LogP contribution in [0.5, 0.6) is 0 Å². The molecule has 0 atom stereocenters. The summed E-state index contributed by atoms with van der Waals surface area (Å²) >= 11 is 4.94. The van der Waals surface area contributed by atoms with E-state index in [1.807, 2.05) is 12.1 Å². The van der Waals surface area contributed by atoms with Crippen molar-refractivity contribution in [3.05, 3.63) is 69.4 Å². The van der Waals surface area contributed by atoms with Crippen LogP contribution in [0.25, 0.3) is 22.2 Å². The number of fused-ring (bicyclic) bond motifs is 1. The van der Waals surface area contributed by atoms with E-state index in [-0.39, 0.29) is 5.82 Å². The van der Waals surface area contributed by atoms with Crippen molar-refractivity contribution >= 4 is 49.0 Å². The van der Waals surface area contributed by atoms with E-state index < -0.39 is 0 Å². The second-order valence-corrected chi connectivity index (χ2v) is 9.43. The molecule has 0 unspecified atom stereocenters. The first-order valence-electron chi connectivity index (χ1n) is 10.1. The van der Waals surface area contributed by atoms with Crippen molar-refractivity contribution in [1.29, 1.82) is 5.26 Å². The van der Waals surface area contributed by atoms with Gasteiger partial charge >= 0.3 is 0 Å². The molecule has 0 aliphatic heterocycles. The zero-order valence-corrected chi connectivity index (χ0v) is 19.2. The van der Waals surface area contributed by atoms with Gasteiger partial charge in [-0.25, -0.2) is 9.37 Å². The Morgan fingerprint density at radius 2 is 1.94 bits per heavy atom. The van der Waals surface area contributed by atoms with Crippen LogP contribution in [0.15, 0.2) is 53.0 Å². The number of hydrogen-bond donors (Lipinski definition) is 0. The standard InChI is InChI=1S/C24H18BrFN4S/c1-2-30(24-29-23(22(13-27)31-24)15-5-8-17(26)9-6-15)21-12-20(14-3-4-14)28-19-10-7-16(25)11-18(19)21/h5-12,14H,2-4H2,1H3. The van der Waals surface area contributed by atoms with Gasteiger partial charge in [0.2, 0.25) is 0 Å². The highest BCUT2D eigenvalue weighted by atomic mass is 79.9. The molecule has 7 heteroatoms. The molecule has 0 amide bonds. The Hall–Kier alpha value is -2.82. The number of benzene rings is 2. The maximum Gasteiger partial charge on any atom is 0.191 e. The molecule has 1 saturated carbocycles. The Kier molecular flexibility index (Phi) is 5.20. The van der Waals surface area contributed by atoms with Crippen LogP contribution in [0.2, 0.25) is 0 Å². The Morgan fingerprint density at radius 1 is 1.16 bits per heavy atom. The molecule has 31 heavy (non-hydrogen) atoms. The first kappa shape index (κ1) is 20.1. The van der Waals surface area contributed by atoms with Gasteiger partial charge in [0.15, 0.2) is 5.13 Å². The smallest absolute Gasteiger partial charge is 0.191 e. The minimum atomic E-state index is -0.311. The molecule has 0 N–H and O–H groups in total. The van der Waals surface area contributed by atoms with Crippen molar-refractivity contribution in [2.45, 2.75) is 25.7 Å². The van der Waals surface area contributed by atoms with E-state index in [1.165, 1.54) is 36.3 Å². The lowest BCUT2D eigenvalue weighted by molar-refractivity contribution is 0.628. The molecule has 2 aromatic heterocycles. The number of pyridine rings is 1. The lowest BCUT2D eigenvalue weighted by atomic mass is 10.1. The van der Waals surface area contributed by atoms with Gasteiger partial charge < -0.3 is 4.90 Å². The molecule has 0 bridgehead atoms. The molecule has 0 radical (unpaired) electrons. The van der Waals surface area contributed by atoms with Crippen LogP contribution in [-0.4, -0.2) is 16.5 Å². The summed E-state index contributed by atoms with van der Waals surface area (Å²) in [4.78, 5) is 12.4. The van der Waals surface area contributed by atoms with Crippen LogP contribution in [0.1, 0.15) is 36.3 Å². The van der Waals surface area contributed by atoms with Gasteiger partial charge in [-0.05, 0) is 68.3 Å². The number of hydrogen-bond acceptors (Lipinski definition) is 5. The fourth-order valence-electron chi connectivity index (χ4n) is 3.72. The summed E-state index contributed by atoms with van der Waals surface area (Å²) in [5.41, 5.74) is 4.43. The first-order valence-corrected chi connectivity index (χ1v) is 11.7. The van der Waals surface area contributed by atoms with Crippen molar-refractivity contribution in [2.75, 3.05) is 11.4 Å². The third-order valence-electron chi connectivity index (χ3n) is 5.44. The SMILES string of the molecule is CCN(c1nc(-c2ccc(F)cc2)c(C#N)s1)c1cc(C2CC2)nc2ccc(Br)cc12. The molecule has 1 aliphatic rings. The second kappa shape index (κ2) is 8.03. The summed E-state index contributed by atoms with van der Waals surface area (Å²) in [6.07, 6.45) is 2.34. The van der Waals surface area contributed by atoms with Crippen molar-refractivity contribution in [1.82, 2.24) is 9.97 Å². The molecule has 2 heterocycles. The van der Waals surface area contributed by atoms with Crippen molar-refractivity contribution in [3.8, 4) is 17.3 Å². The Bertz CT molecular complexity index is 1320. The number of aromatic nitrogens is 2. The summed E-state index contributed by atoms with van der Waals surface area (Å²) in [5, 5.41) is 11.5. The van der Waals surface area contributed by atoms with E-state index in [0.717, 1.165) is 37.5 Å². The predicted molar refractivity (Wildman–Crippen MR) is 126 cm³/mol. The summed E-state index contributed by atoms with van der Waals surface area (Å²) < 4.78 is 14.4. The molecule has 1 aliphatic carbocycles. The van der Waals surface area contributed by atoms with E-state index in [1.54, 1.807) is 12.1 Å². The third kappa shape index (κ3) is 3.82. The number of nitrogens with zero attached hydrogens (tertiary/aromatic N) is 4. The number of anilines is 2. The van der Waals surface area contributed by atoms with Crippen molar-refractivity contribution < 1.29 is 4.39 Å². The van der Waals surface area contributed by atoms with Crippen LogP contribution < -0.4 is 4.90 Å². The quantitative estimate of drug-likeness (QED) is 0.296. The zero-order chi connectivity index (χ0) is 21.5. The summed E-state index contributed by atoms with van der Waals surface area (Å²) in [6.45, 7) is 2.77. The van der Waals surface area contributed by atoms with Crippen LogP contribution in [-0.2, 0) is 0 Å². The average Bonchev–Trinajstić information content (AvgIpc) is 3.54. The molecular weight excluding hydrogens is 475 g/mol. The van der Waals surface area contributed by atoms with Crippen molar-refractivity contribution in [2.24, 2.45) is 0 Å². The zero-order valence-electron chi connectivity index (χ0n) is 16.8. The van der Waals surface area contributed by atoms with Gasteiger partial charge in [0, 0.05) is 33.6 Å². The monoisotopic (exact) mass is 492 g/mol. The van der Waals surface area contributed by atoms with Crippen LogP contribution in [0, 0.1) is 17.1 Å². The molecule has 4 aromatic rings. The van der Waals surface area contributed by atoms with E-state index in [4.69, 9.17) is 9.97 Å². The summed E-state index contributed by atoms with van der Waals surface area (Å²) in [6, 6.07) is 16.7. The highest BCUT2D eigenvalue weighted by Gasteiger charge is 2.28. The second-order valence-electron chi connectivity index (χ2n) is 7.54. The average molecular weight is 493 g/mol. The molecule has 0 saturated heterocycles. The Balaban J connectivity index is 1.67. The van der Waals surface area contributed by atoms with E-state index in [0.29, 0.717) is 23.0 Å². The van der Waals surface area contributed by atoms with Gasteiger partial charge in [0.05, 0.1) is 11.2 Å². The van der Waals surface area contributed by atoms with Gasteiger partial charge in [0.1, 0.15) is 22.5 Å². The molecule has 4 nitrogen and oxygen atoms in total. The summed E-state index contributed by atoms with van der Waals surface area (Å²) in [5.74, 6) is 0.209. The number of thiazole rings is 1. The van der Waals surface area contributed by atoms with Gasteiger partial charge in [-0.2, -0.15) is 5.26 Å².